The zero-order valence-electron chi connectivity index (χ0n) is 10.3. The van der Waals surface area contributed by atoms with Crippen LogP contribution in [-0.4, -0.2) is 19.5 Å². The monoisotopic (exact) mass is 256 g/mol. The summed E-state index contributed by atoms with van der Waals surface area (Å²) in [5.41, 5.74) is 1.90. The van der Waals surface area contributed by atoms with Gasteiger partial charge in [-0.15, -0.1) is 0 Å². The van der Waals surface area contributed by atoms with Crippen LogP contribution in [0.15, 0.2) is 41.3 Å². The van der Waals surface area contributed by atoms with Crippen LogP contribution in [0.4, 0.5) is 0 Å². The molecular weight excluding hydrogens is 244 g/mol. The lowest BCUT2D eigenvalue weighted by Crippen LogP contribution is -2.12. The number of nitrogens with one attached hydrogen (secondary N) is 1. The Kier molecular flexibility index (Phi) is 2.75. The van der Waals surface area contributed by atoms with E-state index in [0.29, 0.717) is 23.7 Å². The molecule has 3 aromatic heterocycles. The van der Waals surface area contributed by atoms with Crippen LogP contribution < -0.4 is 10.4 Å². The van der Waals surface area contributed by atoms with Crippen LogP contribution in [-0.2, 0) is 13.7 Å². The van der Waals surface area contributed by atoms with E-state index in [1.165, 1.54) is 4.57 Å². The fourth-order valence-corrected chi connectivity index (χ4v) is 1.79. The van der Waals surface area contributed by atoms with Gasteiger partial charge >= 0.3 is 5.69 Å². The average Bonchev–Trinajstić information content (AvgIpc) is 2.73. The molecule has 0 aliphatic heterocycles. The first kappa shape index (κ1) is 11.5. The van der Waals surface area contributed by atoms with Crippen molar-refractivity contribution >= 4 is 11.2 Å². The Bertz CT molecular complexity index is 761. The number of nitrogens with zero attached hydrogens (tertiary/aromatic N) is 3. The van der Waals surface area contributed by atoms with E-state index >= 15 is 0 Å². The summed E-state index contributed by atoms with van der Waals surface area (Å²) >= 11 is 0. The maximum Gasteiger partial charge on any atom is 0.327 e. The predicted molar refractivity (Wildman–Crippen MR) is 69.9 cm³/mol. The summed E-state index contributed by atoms with van der Waals surface area (Å²) in [6, 6.07) is 9.13. The molecule has 0 fully saturated rings. The van der Waals surface area contributed by atoms with Crippen LogP contribution in [0.5, 0.6) is 5.88 Å². The van der Waals surface area contributed by atoms with Crippen LogP contribution in [0.2, 0.25) is 0 Å². The SMILES string of the molecule is Cn1c(=O)[nH]c2ccc(OCc3ccccn3)nc21. The van der Waals surface area contributed by atoms with Crippen LogP contribution in [0.3, 0.4) is 0 Å². The quantitative estimate of drug-likeness (QED) is 0.765. The van der Waals surface area contributed by atoms with E-state index in [0.717, 1.165) is 5.69 Å². The summed E-state index contributed by atoms with van der Waals surface area (Å²) in [7, 11) is 1.66. The lowest BCUT2D eigenvalue weighted by molar-refractivity contribution is 0.290. The summed E-state index contributed by atoms with van der Waals surface area (Å²) in [5.74, 6) is 0.466. The lowest BCUT2D eigenvalue weighted by atomic mass is 10.4. The van der Waals surface area contributed by atoms with Crippen molar-refractivity contribution in [3.63, 3.8) is 0 Å². The van der Waals surface area contributed by atoms with Gasteiger partial charge in [-0.2, -0.15) is 4.98 Å². The van der Waals surface area contributed by atoms with Gasteiger partial charge in [0.25, 0.3) is 0 Å². The largest absolute Gasteiger partial charge is 0.471 e. The van der Waals surface area contributed by atoms with Crippen LogP contribution in [0, 0.1) is 0 Å². The van der Waals surface area contributed by atoms with Crippen molar-refractivity contribution in [2.45, 2.75) is 6.61 Å². The van der Waals surface area contributed by atoms with Gasteiger partial charge in [-0.25, -0.2) is 4.79 Å². The highest BCUT2D eigenvalue weighted by atomic mass is 16.5. The molecule has 0 unspecified atom stereocenters. The molecule has 3 heterocycles. The van der Waals surface area contributed by atoms with Crippen molar-refractivity contribution in [2.24, 2.45) is 7.05 Å². The Morgan fingerprint density at radius 2 is 2.21 bits per heavy atom. The second kappa shape index (κ2) is 4.56. The van der Waals surface area contributed by atoms with Gasteiger partial charge < -0.3 is 9.72 Å². The maximum absolute atomic E-state index is 11.4. The number of fused-ring (bicyclic) bond motifs is 1. The number of imidazole rings is 1. The number of hydrogen-bond acceptors (Lipinski definition) is 4. The Balaban J connectivity index is 1.85. The molecule has 0 radical (unpaired) electrons. The summed E-state index contributed by atoms with van der Waals surface area (Å²) in [6.07, 6.45) is 1.71. The molecule has 0 aliphatic rings. The molecule has 0 aliphatic carbocycles. The first-order valence-corrected chi connectivity index (χ1v) is 5.82. The Morgan fingerprint density at radius 3 is 3.00 bits per heavy atom. The second-order valence-corrected chi connectivity index (χ2v) is 4.12. The number of pyridine rings is 2. The third-order valence-corrected chi connectivity index (χ3v) is 2.81. The van der Waals surface area contributed by atoms with Gasteiger partial charge in [0, 0.05) is 19.3 Å². The fourth-order valence-electron chi connectivity index (χ4n) is 1.79. The second-order valence-electron chi connectivity index (χ2n) is 4.12. The first-order chi connectivity index (χ1) is 9.24. The normalized spacial score (nSPS) is 10.8. The zero-order valence-corrected chi connectivity index (χ0v) is 10.3. The Hall–Kier alpha value is -2.63. The summed E-state index contributed by atoms with van der Waals surface area (Å²) in [4.78, 5) is 22.6. The van der Waals surface area contributed by atoms with E-state index < -0.39 is 0 Å². The molecule has 0 saturated heterocycles. The summed E-state index contributed by atoms with van der Waals surface area (Å²) < 4.78 is 7.01. The minimum absolute atomic E-state index is 0.190. The van der Waals surface area contributed by atoms with Gasteiger partial charge in [-0.3, -0.25) is 9.55 Å². The Labute approximate surface area is 108 Å². The fraction of sp³-hybridized carbons (Fsp3) is 0.154. The number of aromatic amines is 1. The topological polar surface area (TPSA) is 72.8 Å². The van der Waals surface area contributed by atoms with Crippen molar-refractivity contribution in [3.8, 4) is 5.88 Å². The number of aromatic nitrogens is 4. The van der Waals surface area contributed by atoms with Crippen molar-refractivity contribution in [3.05, 3.63) is 52.7 Å². The molecule has 96 valence electrons. The lowest BCUT2D eigenvalue weighted by Gasteiger charge is -2.04. The molecule has 0 aromatic carbocycles. The molecule has 3 aromatic rings. The highest BCUT2D eigenvalue weighted by molar-refractivity contribution is 5.71. The van der Waals surface area contributed by atoms with E-state index in [1.807, 2.05) is 18.2 Å². The number of rotatable bonds is 3. The molecular formula is C13H12N4O2. The van der Waals surface area contributed by atoms with E-state index in [9.17, 15) is 4.79 Å². The third kappa shape index (κ3) is 2.20. The van der Waals surface area contributed by atoms with Gasteiger partial charge in [0.05, 0.1) is 11.2 Å². The van der Waals surface area contributed by atoms with E-state index in [-0.39, 0.29) is 5.69 Å². The summed E-state index contributed by atoms with van der Waals surface area (Å²) in [6.45, 7) is 0.345. The van der Waals surface area contributed by atoms with E-state index in [4.69, 9.17) is 4.74 Å². The number of hydrogen-bond donors (Lipinski definition) is 1. The standard InChI is InChI=1S/C13H12N4O2/c1-17-12-10(15-13(17)18)5-6-11(16-12)19-8-9-4-2-3-7-14-9/h2-7H,8H2,1H3,(H,15,18). The van der Waals surface area contributed by atoms with Crippen molar-refractivity contribution in [1.82, 2.24) is 19.5 Å². The molecule has 1 N–H and O–H groups in total. The molecule has 0 spiro atoms. The molecule has 6 nitrogen and oxygen atoms in total. The van der Waals surface area contributed by atoms with Crippen LogP contribution >= 0.6 is 0 Å². The Morgan fingerprint density at radius 1 is 1.32 bits per heavy atom. The van der Waals surface area contributed by atoms with Crippen molar-refractivity contribution in [2.75, 3.05) is 0 Å². The van der Waals surface area contributed by atoms with Crippen molar-refractivity contribution in [1.29, 1.82) is 0 Å². The summed E-state index contributed by atoms with van der Waals surface area (Å²) in [5, 5.41) is 0. The maximum atomic E-state index is 11.4. The molecule has 6 heteroatoms. The molecule has 3 rings (SSSR count). The smallest absolute Gasteiger partial charge is 0.327 e. The van der Waals surface area contributed by atoms with Gasteiger partial charge in [-0.1, -0.05) is 6.07 Å². The number of H-pyrrole nitrogens is 1. The van der Waals surface area contributed by atoms with Crippen LogP contribution in [0.25, 0.3) is 11.2 Å². The number of ether oxygens (including phenoxy) is 1. The van der Waals surface area contributed by atoms with E-state index in [1.54, 1.807) is 25.4 Å². The molecule has 0 saturated carbocycles. The minimum atomic E-state index is -0.190. The zero-order chi connectivity index (χ0) is 13.2. The highest BCUT2D eigenvalue weighted by Gasteiger charge is 2.06. The minimum Gasteiger partial charge on any atom is -0.471 e. The molecule has 19 heavy (non-hydrogen) atoms. The molecule has 0 atom stereocenters. The van der Waals surface area contributed by atoms with Gasteiger partial charge in [0.1, 0.15) is 6.61 Å². The molecule has 0 bridgehead atoms. The highest BCUT2D eigenvalue weighted by Crippen LogP contribution is 2.14. The van der Waals surface area contributed by atoms with E-state index in [2.05, 4.69) is 15.0 Å². The third-order valence-electron chi connectivity index (χ3n) is 2.81. The molecule has 0 amide bonds. The van der Waals surface area contributed by atoms with Gasteiger partial charge in [0.2, 0.25) is 5.88 Å². The number of aryl methyl sites for hydroxylation is 1. The van der Waals surface area contributed by atoms with Crippen LogP contribution in [0.1, 0.15) is 5.69 Å². The predicted octanol–water partition coefficient (Wildman–Crippen LogP) is 1.24. The van der Waals surface area contributed by atoms with Gasteiger partial charge in [-0.05, 0) is 18.2 Å². The first-order valence-electron chi connectivity index (χ1n) is 5.82. The average molecular weight is 256 g/mol. The van der Waals surface area contributed by atoms with Gasteiger partial charge in [0.15, 0.2) is 5.65 Å². The van der Waals surface area contributed by atoms with Crippen molar-refractivity contribution < 1.29 is 4.74 Å².